The van der Waals surface area contributed by atoms with Gasteiger partial charge in [-0.2, -0.15) is 9.40 Å². The summed E-state index contributed by atoms with van der Waals surface area (Å²) < 4.78 is 44.1. The number of nitrogens with one attached hydrogen (secondary N) is 1. The van der Waals surface area contributed by atoms with Gasteiger partial charge in [-0.15, -0.1) is 0 Å². The van der Waals surface area contributed by atoms with Gasteiger partial charge in [-0.1, -0.05) is 0 Å². The van der Waals surface area contributed by atoms with Gasteiger partial charge in [0.1, 0.15) is 5.82 Å². The van der Waals surface area contributed by atoms with Gasteiger partial charge in [-0.3, -0.25) is 5.10 Å². The van der Waals surface area contributed by atoms with E-state index in [1.165, 1.54) is 26.3 Å². The van der Waals surface area contributed by atoms with E-state index in [9.17, 15) is 12.8 Å². The Labute approximate surface area is 121 Å². The number of aryl methyl sites for hydroxylation is 1. The molecule has 2 aromatic rings. The van der Waals surface area contributed by atoms with Crippen LogP contribution in [0.2, 0.25) is 0 Å². The Morgan fingerprint density at radius 3 is 2.67 bits per heavy atom. The monoisotopic (exact) mass is 314 g/mol. The zero-order chi connectivity index (χ0) is 15.6. The van der Waals surface area contributed by atoms with Crippen molar-refractivity contribution in [2.75, 3.05) is 14.2 Å². The van der Waals surface area contributed by atoms with Crippen molar-refractivity contribution in [3.8, 4) is 5.75 Å². The fourth-order valence-corrected chi connectivity index (χ4v) is 2.87. The largest absolute Gasteiger partial charge is 0.494 e. The summed E-state index contributed by atoms with van der Waals surface area (Å²) in [7, 11) is -1.14. The summed E-state index contributed by atoms with van der Waals surface area (Å²) in [5.74, 6) is 0.181. The Hall–Kier alpha value is -2.00. The first-order chi connectivity index (χ1) is 9.84. The summed E-state index contributed by atoms with van der Waals surface area (Å²) in [5.41, 5.74) is 0. The number of benzene rings is 1. The van der Waals surface area contributed by atoms with Crippen LogP contribution in [0.15, 0.2) is 23.1 Å². The Kier molecular flexibility index (Phi) is 4.24. The molecule has 9 heteroatoms. The molecule has 0 aliphatic carbocycles. The molecule has 0 amide bonds. The molecule has 21 heavy (non-hydrogen) atoms. The molecule has 114 valence electrons. The third kappa shape index (κ3) is 3.19. The van der Waals surface area contributed by atoms with Crippen molar-refractivity contribution >= 4 is 10.0 Å². The van der Waals surface area contributed by atoms with Crippen molar-refractivity contribution in [3.05, 3.63) is 35.7 Å². The van der Waals surface area contributed by atoms with Crippen LogP contribution in [-0.4, -0.2) is 42.1 Å². The summed E-state index contributed by atoms with van der Waals surface area (Å²) in [4.78, 5) is 3.88. The fourth-order valence-electron chi connectivity index (χ4n) is 1.73. The quantitative estimate of drug-likeness (QED) is 0.892. The average molecular weight is 314 g/mol. The van der Waals surface area contributed by atoms with Crippen LogP contribution in [0.1, 0.15) is 11.6 Å². The molecule has 0 aliphatic rings. The van der Waals surface area contributed by atoms with Gasteiger partial charge in [0.15, 0.2) is 17.4 Å². The lowest BCUT2D eigenvalue weighted by Crippen LogP contribution is -2.27. The highest BCUT2D eigenvalue weighted by molar-refractivity contribution is 7.89. The molecule has 0 fully saturated rings. The van der Waals surface area contributed by atoms with Crippen LogP contribution >= 0.6 is 0 Å². The lowest BCUT2D eigenvalue weighted by atomic mass is 10.3. The van der Waals surface area contributed by atoms with Crippen LogP contribution in [0.4, 0.5) is 4.39 Å². The molecule has 0 aliphatic heterocycles. The van der Waals surface area contributed by atoms with Crippen LogP contribution in [-0.2, 0) is 16.6 Å². The van der Waals surface area contributed by atoms with Crippen molar-refractivity contribution in [1.82, 2.24) is 19.5 Å². The van der Waals surface area contributed by atoms with Crippen LogP contribution in [0, 0.1) is 12.7 Å². The van der Waals surface area contributed by atoms with E-state index in [1.807, 2.05) is 0 Å². The minimum absolute atomic E-state index is 0.0128. The molecule has 1 aromatic carbocycles. The number of hydrogen-bond donors (Lipinski definition) is 1. The first-order valence-corrected chi connectivity index (χ1v) is 7.46. The van der Waals surface area contributed by atoms with Crippen molar-refractivity contribution in [2.45, 2.75) is 18.4 Å². The van der Waals surface area contributed by atoms with E-state index in [-0.39, 0.29) is 17.2 Å². The van der Waals surface area contributed by atoms with E-state index >= 15 is 0 Å². The first kappa shape index (κ1) is 15.4. The second kappa shape index (κ2) is 5.78. The van der Waals surface area contributed by atoms with Gasteiger partial charge < -0.3 is 4.74 Å². The van der Waals surface area contributed by atoms with E-state index in [0.29, 0.717) is 11.6 Å². The molecule has 0 saturated carbocycles. The number of rotatable bonds is 5. The number of ether oxygens (including phenoxy) is 1. The van der Waals surface area contributed by atoms with Crippen LogP contribution in [0.3, 0.4) is 0 Å². The Balaban J connectivity index is 2.26. The highest BCUT2D eigenvalue weighted by atomic mass is 32.2. The molecule has 1 N–H and O–H groups in total. The van der Waals surface area contributed by atoms with Crippen LogP contribution in [0.25, 0.3) is 0 Å². The number of methoxy groups -OCH3 is 1. The maximum absolute atomic E-state index is 13.6. The fraction of sp³-hybridized carbons (Fsp3) is 0.333. The van der Waals surface area contributed by atoms with Crippen molar-refractivity contribution in [2.24, 2.45) is 0 Å². The molecule has 0 atom stereocenters. The molecule has 0 unspecified atom stereocenters. The zero-order valence-corrected chi connectivity index (χ0v) is 12.6. The minimum Gasteiger partial charge on any atom is -0.494 e. The smallest absolute Gasteiger partial charge is 0.243 e. The van der Waals surface area contributed by atoms with Crippen LogP contribution < -0.4 is 4.74 Å². The van der Waals surface area contributed by atoms with E-state index < -0.39 is 15.8 Å². The molecule has 0 spiro atoms. The number of sulfonamides is 1. The molecule has 0 bridgehead atoms. The van der Waals surface area contributed by atoms with Gasteiger partial charge >= 0.3 is 0 Å². The third-order valence-electron chi connectivity index (χ3n) is 2.84. The predicted molar refractivity (Wildman–Crippen MR) is 72.7 cm³/mol. The second-order valence-corrected chi connectivity index (χ2v) is 6.44. The molecule has 1 heterocycles. The molecule has 0 radical (unpaired) electrons. The number of nitrogens with zero attached hydrogens (tertiary/aromatic N) is 3. The van der Waals surface area contributed by atoms with Gasteiger partial charge in [0.05, 0.1) is 18.6 Å². The Bertz CT molecular complexity index is 745. The second-order valence-electron chi connectivity index (χ2n) is 4.39. The van der Waals surface area contributed by atoms with Crippen molar-refractivity contribution in [1.29, 1.82) is 0 Å². The topological polar surface area (TPSA) is 88.2 Å². The third-order valence-corrected chi connectivity index (χ3v) is 4.64. The molecule has 7 nitrogen and oxygen atoms in total. The summed E-state index contributed by atoms with van der Waals surface area (Å²) in [6, 6.07) is 3.48. The Morgan fingerprint density at radius 1 is 1.43 bits per heavy atom. The number of aromatic amines is 1. The minimum atomic E-state index is -3.83. The van der Waals surface area contributed by atoms with Gasteiger partial charge in [-0.25, -0.2) is 17.8 Å². The van der Waals surface area contributed by atoms with Crippen molar-refractivity contribution < 1.29 is 17.5 Å². The van der Waals surface area contributed by atoms with Crippen LogP contribution in [0.5, 0.6) is 5.75 Å². The number of H-pyrrole nitrogens is 1. The molecule has 2 rings (SSSR count). The molecular weight excluding hydrogens is 299 g/mol. The number of hydrogen-bond acceptors (Lipinski definition) is 5. The van der Waals surface area contributed by atoms with E-state index in [0.717, 1.165) is 10.4 Å². The normalized spacial score (nSPS) is 11.9. The molecule has 0 saturated heterocycles. The lowest BCUT2D eigenvalue weighted by Gasteiger charge is -2.16. The highest BCUT2D eigenvalue weighted by Gasteiger charge is 2.23. The van der Waals surface area contributed by atoms with E-state index in [4.69, 9.17) is 4.74 Å². The molecular formula is C12H15FN4O3S. The highest BCUT2D eigenvalue weighted by Crippen LogP contribution is 2.23. The summed E-state index contributed by atoms with van der Waals surface area (Å²) >= 11 is 0. The van der Waals surface area contributed by atoms with E-state index in [2.05, 4.69) is 15.2 Å². The molecule has 1 aromatic heterocycles. The van der Waals surface area contributed by atoms with E-state index in [1.54, 1.807) is 6.92 Å². The zero-order valence-electron chi connectivity index (χ0n) is 11.8. The Morgan fingerprint density at radius 2 is 2.14 bits per heavy atom. The van der Waals surface area contributed by atoms with Gasteiger partial charge in [0.2, 0.25) is 10.0 Å². The maximum Gasteiger partial charge on any atom is 0.243 e. The predicted octanol–water partition coefficient (Wildman–Crippen LogP) is 1.08. The van der Waals surface area contributed by atoms with Gasteiger partial charge in [-0.05, 0) is 25.1 Å². The van der Waals surface area contributed by atoms with Crippen molar-refractivity contribution in [3.63, 3.8) is 0 Å². The lowest BCUT2D eigenvalue weighted by molar-refractivity contribution is 0.385. The number of halogens is 1. The maximum atomic E-state index is 13.6. The summed E-state index contributed by atoms with van der Waals surface area (Å²) in [6.45, 7) is 1.70. The summed E-state index contributed by atoms with van der Waals surface area (Å²) in [5, 5.41) is 6.50. The average Bonchev–Trinajstić information content (AvgIpc) is 2.83. The number of aromatic nitrogens is 3. The summed E-state index contributed by atoms with van der Waals surface area (Å²) in [6.07, 6.45) is 0. The SMILES string of the molecule is COc1ccc(S(=O)(=O)N(C)Cc2n[nH]c(C)n2)cc1F. The first-order valence-electron chi connectivity index (χ1n) is 6.02. The van der Waals surface area contributed by atoms with Gasteiger partial charge in [0, 0.05) is 7.05 Å². The van der Waals surface area contributed by atoms with Gasteiger partial charge in [0.25, 0.3) is 0 Å². The standard InChI is InChI=1S/C12H15FN4O3S/c1-8-14-12(16-15-8)7-17(2)21(18,19)9-4-5-11(20-3)10(13)6-9/h4-6H,7H2,1-3H3,(H,14,15,16).